The third kappa shape index (κ3) is 5.92. The number of carbonyl (C=O) groups is 1. The fraction of sp³-hybridized carbons (Fsp3) is 0.520. The summed E-state index contributed by atoms with van der Waals surface area (Å²) in [4.78, 5) is 21.6. The van der Waals surface area contributed by atoms with Gasteiger partial charge in [-0.15, -0.1) is 0 Å². The third-order valence-corrected chi connectivity index (χ3v) is 6.45. The fourth-order valence-corrected chi connectivity index (χ4v) is 4.41. The van der Waals surface area contributed by atoms with Crippen molar-refractivity contribution in [2.24, 2.45) is 11.3 Å². The van der Waals surface area contributed by atoms with Crippen molar-refractivity contribution in [3.63, 3.8) is 0 Å². The van der Waals surface area contributed by atoms with E-state index >= 15 is 0 Å². The van der Waals surface area contributed by atoms with Crippen LogP contribution in [0.5, 0.6) is 0 Å². The predicted molar refractivity (Wildman–Crippen MR) is 134 cm³/mol. The molecule has 1 unspecified atom stereocenters. The number of hydrogen-bond acceptors (Lipinski definition) is 9. The van der Waals surface area contributed by atoms with Gasteiger partial charge in [-0.1, -0.05) is 32.8 Å². The molecule has 2 fully saturated rings. The quantitative estimate of drug-likeness (QED) is 0.475. The van der Waals surface area contributed by atoms with Gasteiger partial charge >= 0.3 is 13.1 Å². The van der Waals surface area contributed by atoms with E-state index in [-0.39, 0.29) is 17.4 Å². The number of esters is 1. The van der Waals surface area contributed by atoms with E-state index in [0.717, 1.165) is 31.2 Å². The van der Waals surface area contributed by atoms with Crippen molar-refractivity contribution in [1.29, 1.82) is 5.26 Å². The van der Waals surface area contributed by atoms with Gasteiger partial charge in [-0.3, -0.25) is 0 Å². The van der Waals surface area contributed by atoms with Gasteiger partial charge in [0.15, 0.2) is 0 Å². The summed E-state index contributed by atoms with van der Waals surface area (Å²) in [6.07, 6.45) is 5.76. The molecule has 1 saturated carbocycles. The van der Waals surface area contributed by atoms with Crippen molar-refractivity contribution >= 4 is 36.0 Å². The number of methoxy groups -OCH3 is 1. The van der Waals surface area contributed by atoms with Crippen molar-refractivity contribution in [1.82, 2.24) is 9.97 Å². The second-order valence-corrected chi connectivity index (χ2v) is 10.0. The van der Waals surface area contributed by atoms with Crippen LogP contribution in [0.3, 0.4) is 0 Å². The Morgan fingerprint density at radius 2 is 2.00 bits per heavy atom. The summed E-state index contributed by atoms with van der Waals surface area (Å²) in [5.74, 6) is 0.580. The number of nitrogens with zero attached hydrogens (tertiary/aromatic N) is 3. The van der Waals surface area contributed by atoms with Crippen LogP contribution >= 0.6 is 0 Å². The molecule has 2 N–H and O–H groups in total. The Labute approximate surface area is 206 Å². The van der Waals surface area contributed by atoms with Gasteiger partial charge in [0, 0.05) is 42.1 Å². The van der Waals surface area contributed by atoms with E-state index in [0.29, 0.717) is 41.7 Å². The topological polar surface area (TPSA) is 118 Å². The second-order valence-electron chi connectivity index (χ2n) is 10.0. The van der Waals surface area contributed by atoms with Crippen molar-refractivity contribution in [3.8, 4) is 6.07 Å². The molecule has 35 heavy (non-hydrogen) atoms. The van der Waals surface area contributed by atoms with Gasteiger partial charge in [-0.05, 0) is 37.4 Å². The van der Waals surface area contributed by atoms with Crippen molar-refractivity contribution < 1.29 is 18.8 Å². The van der Waals surface area contributed by atoms with Crippen LogP contribution in [0.15, 0.2) is 24.4 Å². The van der Waals surface area contributed by atoms with Gasteiger partial charge in [-0.2, -0.15) is 10.2 Å². The Kier molecular flexibility index (Phi) is 7.58. The maximum Gasteiger partial charge on any atom is 0.494 e. The normalized spacial score (nSPS) is 21.6. The Morgan fingerprint density at radius 1 is 1.26 bits per heavy atom. The summed E-state index contributed by atoms with van der Waals surface area (Å²) in [6.45, 7) is 7.12. The summed E-state index contributed by atoms with van der Waals surface area (Å²) in [5, 5.41) is 16.1. The highest BCUT2D eigenvalue weighted by Crippen LogP contribution is 2.28. The van der Waals surface area contributed by atoms with Crippen LogP contribution in [0.1, 0.15) is 55.5 Å². The lowest BCUT2D eigenvalue weighted by atomic mass is 9.73. The average molecular weight is 477 g/mol. The van der Waals surface area contributed by atoms with E-state index in [1.165, 1.54) is 7.11 Å². The SMILES string of the molecule is COC(=O)c1cc(Nc2ncc(C)c(N[C@H]3CCCCC3C#N)n2)ccc1B1OCC(C)(C)CO1. The van der Waals surface area contributed by atoms with E-state index < -0.39 is 13.1 Å². The Balaban J connectivity index is 1.54. The van der Waals surface area contributed by atoms with Crippen molar-refractivity contribution in [3.05, 3.63) is 35.5 Å². The van der Waals surface area contributed by atoms with Crippen LogP contribution in [-0.2, 0) is 14.0 Å². The molecule has 0 bridgehead atoms. The summed E-state index contributed by atoms with van der Waals surface area (Å²) < 4.78 is 16.8. The molecule has 184 valence electrons. The van der Waals surface area contributed by atoms with Crippen LogP contribution in [0.25, 0.3) is 0 Å². The van der Waals surface area contributed by atoms with Gasteiger partial charge in [0.25, 0.3) is 0 Å². The molecular formula is C25H32BN5O4. The molecule has 1 saturated heterocycles. The standard InChI is InChI=1S/C25H32BN5O4/c1-16-13-28-24(31-22(16)30-21-8-6-5-7-17(21)12-27)29-18-9-10-20(19(11-18)23(32)33-4)26-34-14-25(2,3)15-35-26/h9-11,13,17,21H,5-8,14-15H2,1-4H3,(H2,28,29,30,31)/t17?,21-/m0/s1. The Morgan fingerprint density at radius 3 is 2.71 bits per heavy atom. The van der Waals surface area contributed by atoms with E-state index in [1.54, 1.807) is 18.3 Å². The Bertz CT molecular complexity index is 1110. The van der Waals surface area contributed by atoms with Gasteiger partial charge in [0.1, 0.15) is 5.82 Å². The number of aryl methyl sites for hydroxylation is 1. The first kappa shape index (κ1) is 25.0. The van der Waals surface area contributed by atoms with E-state index in [9.17, 15) is 10.1 Å². The smallest absolute Gasteiger partial charge is 0.465 e. The predicted octanol–water partition coefficient (Wildman–Crippen LogP) is 3.58. The zero-order valence-electron chi connectivity index (χ0n) is 20.8. The number of nitrogens with one attached hydrogen (secondary N) is 2. The molecule has 2 heterocycles. The van der Waals surface area contributed by atoms with Crippen LogP contribution in [-0.4, -0.2) is 49.4 Å². The number of anilines is 3. The number of carbonyl (C=O) groups excluding carboxylic acids is 1. The maximum atomic E-state index is 12.6. The molecule has 2 aromatic rings. The minimum Gasteiger partial charge on any atom is -0.465 e. The lowest BCUT2D eigenvalue weighted by molar-refractivity contribution is 0.0340. The van der Waals surface area contributed by atoms with Gasteiger partial charge < -0.3 is 24.7 Å². The number of aromatic nitrogens is 2. The fourth-order valence-electron chi connectivity index (χ4n) is 4.41. The first-order valence-electron chi connectivity index (χ1n) is 12.0. The summed E-state index contributed by atoms with van der Waals surface area (Å²) in [5.41, 5.74) is 2.42. The van der Waals surface area contributed by atoms with E-state index in [1.807, 2.05) is 13.0 Å². The monoisotopic (exact) mass is 477 g/mol. The number of rotatable bonds is 6. The summed E-state index contributed by atoms with van der Waals surface area (Å²) >= 11 is 0. The molecule has 0 amide bonds. The molecule has 1 aliphatic carbocycles. The first-order chi connectivity index (χ1) is 16.8. The number of ether oxygens (including phenoxy) is 1. The Hall–Kier alpha value is -3.16. The number of hydrogen-bond donors (Lipinski definition) is 2. The zero-order valence-corrected chi connectivity index (χ0v) is 20.8. The lowest BCUT2D eigenvalue weighted by Gasteiger charge is -2.33. The molecule has 2 aliphatic rings. The summed E-state index contributed by atoms with van der Waals surface area (Å²) in [7, 11) is 0.708. The van der Waals surface area contributed by atoms with Gasteiger partial charge in [-0.25, -0.2) is 9.78 Å². The third-order valence-electron chi connectivity index (χ3n) is 6.45. The second kappa shape index (κ2) is 10.6. The molecule has 2 atom stereocenters. The van der Waals surface area contributed by atoms with Gasteiger partial charge in [0.05, 0.1) is 24.7 Å². The van der Waals surface area contributed by atoms with Crippen LogP contribution in [0, 0.1) is 29.6 Å². The van der Waals surface area contributed by atoms with E-state index in [4.69, 9.17) is 14.0 Å². The number of benzene rings is 1. The molecule has 1 aromatic heterocycles. The molecular weight excluding hydrogens is 445 g/mol. The molecule has 1 aromatic carbocycles. The first-order valence-corrected chi connectivity index (χ1v) is 12.0. The molecule has 9 nitrogen and oxygen atoms in total. The highest BCUT2D eigenvalue weighted by atomic mass is 16.6. The molecule has 1 aliphatic heterocycles. The lowest BCUT2D eigenvalue weighted by Crippen LogP contribution is -2.49. The van der Waals surface area contributed by atoms with Crippen LogP contribution in [0.4, 0.5) is 17.5 Å². The largest absolute Gasteiger partial charge is 0.494 e. The van der Waals surface area contributed by atoms with Crippen LogP contribution < -0.4 is 16.1 Å². The molecule has 10 heteroatoms. The van der Waals surface area contributed by atoms with Crippen molar-refractivity contribution in [2.45, 2.75) is 52.5 Å². The van der Waals surface area contributed by atoms with E-state index in [2.05, 4.69) is 40.5 Å². The van der Waals surface area contributed by atoms with Crippen molar-refractivity contribution in [2.75, 3.05) is 31.0 Å². The minimum atomic E-state index is -0.638. The number of nitriles is 1. The molecule has 0 spiro atoms. The summed E-state index contributed by atoms with van der Waals surface area (Å²) in [6, 6.07) is 7.81. The molecule has 4 rings (SSSR count). The minimum absolute atomic E-state index is 0.0283. The maximum absolute atomic E-state index is 12.6. The van der Waals surface area contributed by atoms with Gasteiger partial charge in [0.2, 0.25) is 5.95 Å². The highest BCUT2D eigenvalue weighted by molar-refractivity contribution is 6.63. The highest BCUT2D eigenvalue weighted by Gasteiger charge is 2.36. The molecule has 0 radical (unpaired) electrons. The zero-order chi connectivity index (χ0) is 25.0. The average Bonchev–Trinajstić information content (AvgIpc) is 2.86. The van der Waals surface area contributed by atoms with Crippen LogP contribution in [0.2, 0.25) is 0 Å².